The second-order valence-corrected chi connectivity index (χ2v) is 5.48. The molecule has 0 unspecified atom stereocenters. The Hall–Kier alpha value is -1.27. The number of rotatable bonds is 5. The van der Waals surface area contributed by atoms with Gasteiger partial charge in [-0.1, -0.05) is 0 Å². The van der Waals surface area contributed by atoms with Crippen molar-refractivity contribution in [3.05, 3.63) is 17.7 Å². The number of methoxy groups -OCH3 is 2. The lowest BCUT2D eigenvalue weighted by Crippen LogP contribution is -2.08. The summed E-state index contributed by atoms with van der Waals surface area (Å²) >= 11 is 0. The zero-order valence-corrected chi connectivity index (χ0v) is 10.9. The van der Waals surface area contributed by atoms with Crippen LogP contribution in [0.4, 0.5) is 0 Å². The Kier molecular flexibility index (Phi) is 4.36. The Morgan fingerprint density at radius 3 is 2.12 bits per heavy atom. The van der Waals surface area contributed by atoms with Gasteiger partial charge in [0.05, 0.1) is 14.2 Å². The summed E-state index contributed by atoms with van der Waals surface area (Å²) in [5.41, 5.74) is 0.442. The van der Waals surface area contributed by atoms with Crippen molar-refractivity contribution in [2.75, 3.05) is 27.1 Å². The highest BCUT2D eigenvalue weighted by atomic mass is 32.2. The number of ether oxygens (including phenoxy) is 2. The van der Waals surface area contributed by atoms with Gasteiger partial charge in [0.15, 0.2) is 9.84 Å². The van der Waals surface area contributed by atoms with E-state index in [1.165, 1.54) is 20.3 Å². The third kappa shape index (κ3) is 2.89. The normalized spacial score (nSPS) is 11.3. The van der Waals surface area contributed by atoms with Gasteiger partial charge in [0.1, 0.15) is 16.4 Å². The molecule has 0 fully saturated rings. The van der Waals surface area contributed by atoms with Crippen LogP contribution in [0.15, 0.2) is 17.0 Å². The summed E-state index contributed by atoms with van der Waals surface area (Å²) in [6.07, 6.45) is 1.30. The molecule has 0 heterocycles. The van der Waals surface area contributed by atoms with Gasteiger partial charge < -0.3 is 14.6 Å². The topological polar surface area (TPSA) is 72.8 Å². The molecule has 96 valence electrons. The van der Waals surface area contributed by atoms with E-state index >= 15 is 0 Å². The summed E-state index contributed by atoms with van der Waals surface area (Å²) < 4.78 is 33.7. The molecule has 17 heavy (non-hydrogen) atoms. The lowest BCUT2D eigenvalue weighted by molar-refractivity contribution is 0.294. The molecule has 0 atom stereocenters. The van der Waals surface area contributed by atoms with E-state index in [9.17, 15) is 8.42 Å². The number of aliphatic hydroxyl groups excluding tert-OH is 1. The number of aliphatic hydroxyl groups is 1. The third-order valence-corrected chi connectivity index (χ3v) is 3.54. The molecule has 0 bridgehead atoms. The molecule has 0 aromatic heterocycles. The number of benzene rings is 1. The monoisotopic (exact) mass is 260 g/mol. The summed E-state index contributed by atoms with van der Waals surface area (Å²) in [4.78, 5) is 0.0772. The Labute approximate surface area is 101 Å². The third-order valence-electron chi connectivity index (χ3n) is 2.35. The van der Waals surface area contributed by atoms with E-state index in [0.29, 0.717) is 11.3 Å². The molecule has 1 N–H and O–H groups in total. The molecular weight excluding hydrogens is 244 g/mol. The molecule has 6 heteroatoms. The first-order valence-corrected chi connectivity index (χ1v) is 6.89. The smallest absolute Gasteiger partial charge is 0.179 e. The second kappa shape index (κ2) is 5.37. The molecule has 0 saturated heterocycles. The first-order chi connectivity index (χ1) is 7.95. The van der Waals surface area contributed by atoms with E-state index in [2.05, 4.69) is 0 Å². The zero-order valence-electron chi connectivity index (χ0n) is 10.1. The maximum absolute atomic E-state index is 11.8. The maximum Gasteiger partial charge on any atom is 0.179 e. The van der Waals surface area contributed by atoms with Crippen molar-refractivity contribution in [3.8, 4) is 11.5 Å². The summed E-state index contributed by atoms with van der Waals surface area (Å²) in [6.45, 7) is -0.161. The summed E-state index contributed by atoms with van der Waals surface area (Å²) in [6, 6.07) is 3.16. The second-order valence-electron chi connectivity index (χ2n) is 3.52. The number of hydrogen-bond acceptors (Lipinski definition) is 5. The van der Waals surface area contributed by atoms with Crippen molar-refractivity contribution in [1.82, 2.24) is 0 Å². The Bertz CT molecular complexity index is 493. The quantitative estimate of drug-likeness (QED) is 0.841. The highest BCUT2D eigenvalue weighted by Gasteiger charge is 2.22. The molecule has 0 saturated carbocycles. The first-order valence-electron chi connectivity index (χ1n) is 5.00. The van der Waals surface area contributed by atoms with Crippen LogP contribution in [-0.2, 0) is 16.3 Å². The fraction of sp³-hybridized carbons (Fsp3) is 0.455. The van der Waals surface area contributed by atoms with Crippen molar-refractivity contribution >= 4 is 9.84 Å². The highest BCUT2D eigenvalue weighted by molar-refractivity contribution is 7.90. The lowest BCUT2D eigenvalue weighted by Gasteiger charge is -2.15. The number of sulfone groups is 1. The van der Waals surface area contributed by atoms with Crippen molar-refractivity contribution in [2.24, 2.45) is 0 Å². The van der Waals surface area contributed by atoms with E-state index in [4.69, 9.17) is 14.6 Å². The van der Waals surface area contributed by atoms with Gasteiger partial charge in [-0.25, -0.2) is 8.42 Å². The standard InChI is InChI=1S/C11H16O5S/c1-15-9-4-5-10(16-2)11(17(3,13)14)8(9)6-7-12/h4-5,12H,6-7H2,1-3H3. The zero-order chi connectivity index (χ0) is 13.1. The lowest BCUT2D eigenvalue weighted by atomic mass is 10.1. The van der Waals surface area contributed by atoms with E-state index in [1.807, 2.05) is 0 Å². The molecule has 1 aromatic rings. The minimum absolute atomic E-state index is 0.0772. The molecule has 0 radical (unpaired) electrons. The van der Waals surface area contributed by atoms with Gasteiger partial charge in [-0.05, 0) is 12.1 Å². The van der Waals surface area contributed by atoms with Gasteiger partial charge in [-0.3, -0.25) is 0 Å². The van der Waals surface area contributed by atoms with E-state index in [0.717, 1.165) is 6.26 Å². The summed E-state index contributed by atoms with van der Waals surface area (Å²) in [7, 11) is -0.592. The van der Waals surface area contributed by atoms with Crippen LogP contribution in [0.3, 0.4) is 0 Å². The fourth-order valence-corrected chi connectivity index (χ4v) is 2.86. The molecular formula is C11H16O5S. The molecule has 0 amide bonds. The molecule has 0 aliphatic heterocycles. The fourth-order valence-electron chi connectivity index (χ4n) is 1.70. The van der Waals surface area contributed by atoms with E-state index in [-0.39, 0.29) is 23.7 Å². The predicted molar refractivity (Wildman–Crippen MR) is 63.4 cm³/mol. The van der Waals surface area contributed by atoms with Gasteiger partial charge in [0, 0.05) is 24.8 Å². The minimum Gasteiger partial charge on any atom is -0.496 e. The van der Waals surface area contributed by atoms with Gasteiger partial charge >= 0.3 is 0 Å². The molecule has 5 nitrogen and oxygen atoms in total. The van der Waals surface area contributed by atoms with Crippen molar-refractivity contribution in [1.29, 1.82) is 0 Å². The van der Waals surface area contributed by atoms with Crippen LogP contribution < -0.4 is 9.47 Å². The van der Waals surface area contributed by atoms with Crippen LogP contribution in [-0.4, -0.2) is 40.6 Å². The van der Waals surface area contributed by atoms with Crippen LogP contribution in [0.25, 0.3) is 0 Å². The number of hydrogen-bond donors (Lipinski definition) is 1. The van der Waals surface area contributed by atoms with Crippen molar-refractivity contribution in [2.45, 2.75) is 11.3 Å². The van der Waals surface area contributed by atoms with Gasteiger partial charge in [0.2, 0.25) is 0 Å². The van der Waals surface area contributed by atoms with Crippen LogP contribution in [0.1, 0.15) is 5.56 Å². The average Bonchev–Trinajstić information content (AvgIpc) is 2.27. The van der Waals surface area contributed by atoms with Crippen LogP contribution >= 0.6 is 0 Å². The Balaban J connectivity index is 3.58. The Morgan fingerprint density at radius 1 is 1.18 bits per heavy atom. The molecule has 0 aliphatic rings. The largest absolute Gasteiger partial charge is 0.496 e. The minimum atomic E-state index is -3.45. The summed E-state index contributed by atoms with van der Waals surface area (Å²) in [5, 5.41) is 9.00. The average molecular weight is 260 g/mol. The van der Waals surface area contributed by atoms with E-state index < -0.39 is 9.84 Å². The van der Waals surface area contributed by atoms with Crippen LogP contribution in [0.2, 0.25) is 0 Å². The Morgan fingerprint density at radius 2 is 1.71 bits per heavy atom. The van der Waals surface area contributed by atoms with Gasteiger partial charge in [-0.15, -0.1) is 0 Å². The van der Waals surface area contributed by atoms with Crippen LogP contribution in [0, 0.1) is 0 Å². The SMILES string of the molecule is COc1ccc(OC)c(S(C)(=O)=O)c1CCO. The van der Waals surface area contributed by atoms with Crippen molar-refractivity contribution < 1.29 is 23.0 Å². The molecule has 0 aliphatic carbocycles. The predicted octanol–water partition coefficient (Wildman–Crippen LogP) is 0.642. The molecule has 1 aromatic carbocycles. The van der Waals surface area contributed by atoms with Gasteiger partial charge in [-0.2, -0.15) is 0 Å². The van der Waals surface area contributed by atoms with Crippen LogP contribution in [0.5, 0.6) is 11.5 Å². The first kappa shape index (κ1) is 13.8. The molecule has 1 rings (SSSR count). The maximum atomic E-state index is 11.8. The van der Waals surface area contributed by atoms with Crippen molar-refractivity contribution in [3.63, 3.8) is 0 Å². The van der Waals surface area contributed by atoms with E-state index in [1.54, 1.807) is 6.07 Å². The highest BCUT2D eigenvalue weighted by Crippen LogP contribution is 2.34. The summed E-state index contributed by atoms with van der Waals surface area (Å²) in [5.74, 6) is 0.692. The molecule has 0 spiro atoms. The van der Waals surface area contributed by atoms with Gasteiger partial charge in [0.25, 0.3) is 0 Å².